The van der Waals surface area contributed by atoms with Crippen LogP contribution in [0.25, 0.3) is 5.69 Å². The van der Waals surface area contributed by atoms with Gasteiger partial charge in [-0.05, 0) is 36.4 Å². The molecule has 0 spiro atoms. The number of likely N-dealkylation sites (tertiary alicyclic amines) is 1. The first-order chi connectivity index (χ1) is 13.6. The highest BCUT2D eigenvalue weighted by molar-refractivity contribution is 7.09. The molecule has 28 heavy (non-hydrogen) atoms. The van der Waals surface area contributed by atoms with Gasteiger partial charge < -0.3 is 10.2 Å². The van der Waals surface area contributed by atoms with Crippen LogP contribution < -0.4 is 11.0 Å². The molecule has 0 saturated carbocycles. The zero-order chi connectivity index (χ0) is 19.5. The molecule has 3 heterocycles. The van der Waals surface area contributed by atoms with Gasteiger partial charge in [-0.2, -0.15) is 5.10 Å². The largest absolute Gasteiger partial charge is 0.350 e. The van der Waals surface area contributed by atoms with Crippen LogP contribution in [0.4, 0.5) is 4.79 Å². The van der Waals surface area contributed by atoms with E-state index >= 15 is 0 Å². The van der Waals surface area contributed by atoms with Crippen LogP contribution >= 0.6 is 11.3 Å². The van der Waals surface area contributed by atoms with E-state index in [4.69, 9.17) is 0 Å². The molecule has 2 amide bonds. The van der Waals surface area contributed by atoms with Gasteiger partial charge >= 0.3 is 11.7 Å². The average molecular weight is 398 g/mol. The second-order valence-electron chi connectivity index (χ2n) is 6.96. The molecule has 4 rings (SSSR count). The number of piperidine rings is 1. The second kappa shape index (κ2) is 8.02. The van der Waals surface area contributed by atoms with Crippen LogP contribution in [-0.2, 0) is 13.6 Å². The summed E-state index contributed by atoms with van der Waals surface area (Å²) in [6, 6.07) is 13.5. The quantitative estimate of drug-likeness (QED) is 0.736. The number of hydrogen-bond donors (Lipinski definition) is 1. The molecule has 0 aliphatic carbocycles. The summed E-state index contributed by atoms with van der Waals surface area (Å²) in [6.07, 6.45) is 1.79. The third kappa shape index (κ3) is 3.73. The monoisotopic (exact) mass is 397 g/mol. The van der Waals surface area contributed by atoms with E-state index in [1.54, 1.807) is 23.0 Å². The number of carbonyl (C=O) groups is 1. The number of carbonyl (C=O) groups excluding carboxylic acids is 1. The zero-order valence-corrected chi connectivity index (χ0v) is 16.6. The smallest absolute Gasteiger partial charge is 0.333 e. The minimum absolute atomic E-state index is 0.0235. The summed E-state index contributed by atoms with van der Waals surface area (Å²) >= 11 is 1.63. The molecule has 1 saturated heterocycles. The van der Waals surface area contributed by atoms with E-state index in [2.05, 4.69) is 10.4 Å². The van der Waals surface area contributed by atoms with Crippen molar-refractivity contribution in [3.8, 4) is 5.69 Å². The lowest BCUT2D eigenvalue weighted by atomic mass is 9.97. The lowest BCUT2D eigenvalue weighted by Crippen LogP contribution is -2.45. The minimum Gasteiger partial charge on any atom is -0.333 e. The molecule has 1 aromatic carbocycles. The average Bonchev–Trinajstić information content (AvgIpc) is 3.35. The first kappa shape index (κ1) is 18.5. The van der Waals surface area contributed by atoms with Crippen LogP contribution in [0.3, 0.4) is 0 Å². The van der Waals surface area contributed by atoms with Crippen LogP contribution in [0.5, 0.6) is 0 Å². The van der Waals surface area contributed by atoms with Crippen molar-refractivity contribution in [1.29, 1.82) is 0 Å². The highest BCUT2D eigenvalue weighted by Gasteiger charge is 2.29. The molecule has 3 aromatic rings. The number of benzene rings is 1. The maximum atomic E-state index is 12.7. The van der Waals surface area contributed by atoms with Gasteiger partial charge in [0.1, 0.15) is 5.82 Å². The van der Waals surface area contributed by atoms with Crippen molar-refractivity contribution in [3.05, 3.63) is 69.0 Å². The number of nitrogens with zero attached hydrogens (tertiary/aromatic N) is 4. The van der Waals surface area contributed by atoms with Gasteiger partial charge in [0.25, 0.3) is 0 Å². The Morgan fingerprint density at radius 2 is 2.07 bits per heavy atom. The summed E-state index contributed by atoms with van der Waals surface area (Å²) in [4.78, 5) is 28.2. The molecule has 0 radical (unpaired) electrons. The molecular formula is C20H23N5O2S. The fraction of sp³-hybridized carbons (Fsp3) is 0.350. The van der Waals surface area contributed by atoms with Gasteiger partial charge in [-0.15, -0.1) is 11.3 Å². The maximum absolute atomic E-state index is 12.7. The third-order valence-electron chi connectivity index (χ3n) is 5.03. The fourth-order valence-electron chi connectivity index (χ4n) is 3.63. The first-order valence-corrected chi connectivity index (χ1v) is 10.3. The maximum Gasteiger partial charge on any atom is 0.350 e. The van der Waals surface area contributed by atoms with E-state index in [9.17, 15) is 9.59 Å². The Hall–Kier alpha value is -2.87. The Balaban J connectivity index is 1.53. The SMILES string of the molecule is Cn1nc([C@H]2CCCN(C(=O)NCc3cccs3)C2)n(-c2ccccc2)c1=O. The fourth-order valence-corrected chi connectivity index (χ4v) is 4.27. The number of thiophene rings is 1. The van der Waals surface area contributed by atoms with E-state index in [1.807, 2.05) is 52.7 Å². The van der Waals surface area contributed by atoms with Gasteiger partial charge in [0.15, 0.2) is 0 Å². The summed E-state index contributed by atoms with van der Waals surface area (Å²) in [5.74, 6) is 0.741. The topological polar surface area (TPSA) is 72.2 Å². The number of hydrogen-bond acceptors (Lipinski definition) is 4. The molecule has 0 unspecified atom stereocenters. The summed E-state index contributed by atoms with van der Waals surface area (Å²) in [6.45, 7) is 1.81. The second-order valence-corrected chi connectivity index (χ2v) is 7.99. The van der Waals surface area contributed by atoms with E-state index < -0.39 is 0 Å². The van der Waals surface area contributed by atoms with Crippen molar-refractivity contribution in [2.24, 2.45) is 7.05 Å². The predicted molar refractivity (Wildman–Crippen MR) is 109 cm³/mol. The van der Waals surface area contributed by atoms with Crippen LogP contribution in [0.2, 0.25) is 0 Å². The Morgan fingerprint density at radius 1 is 1.25 bits per heavy atom. The van der Waals surface area contributed by atoms with Crippen molar-refractivity contribution in [2.45, 2.75) is 25.3 Å². The molecule has 1 fully saturated rings. The van der Waals surface area contributed by atoms with Gasteiger partial charge in [-0.1, -0.05) is 24.3 Å². The number of nitrogens with one attached hydrogen (secondary N) is 1. The summed E-state index contributed by atoms with van der Waals surface area (Å²) < 4.78 is 3.04. The van der Waals surface area contributed by atoms with Crippen molar-refractivity contribution >= 4 is 17.4 Å². The number of aromatic nitrogens is 3. The summed E-state index contributed by atoms with van der Waals surface area (Å²) in [5.41, 5.74) is 0.635. The number of rotatable bonds is 4. The van der Waals surface area contributed by atoms with Crippen molar-refractivity contribution in [3.63, 3.8) is 0 Å². The molecule has 0 bridgehead atoms. The molecule has 1 atom stereocenters. The molecule has 146 valence electrons. The number of urea groups is 1. The lowest BCUT2D eigenvalue weighted by Gasteiger charge is -2.32. The van der Waals surface area contributed by atoms with E-state index in [0.717, 1.165) is 35.8 Å². The normalized spacial score (nSPS) is 16.9. The highest BCUT2D eigenvalue weighted by Crippen LogP contribution is 2.26. The van der Waals surface area contributed by atoms with Crippen LogP contribution in [-0.4, -0.2) is 38.4 Å². The standard InChI is InChI=1S/C20H23N5O2S/c1-23-20(27)25(16-8-3-2-4-9-16)18(22-23)15-7-5-11-24(14-15)19(26)21-13-17-10-6-12-28-17/h2-4,6,8-10,12,15H,5,7,11,13-14H2,1H3,(H,21,26)/t15-/m0/s1. The van der Waals surface area contributed by atoms with E-state index in [1.165, 1.54) is 4.68 Å². The Morgan fingerprint density at radius 3 is 2.82 bits per heavy atom. The predicted octanol–water partition coefficient (Wildman–Crippen LogP) is 2.72. The Kier molecular flexibility index (Phi) is 5.29. The van der Waals surface area contributed by atoms with Gasteiger partial charge in [-0.25, -0.2) is 18.8 Å². The van der Waals surface area contributed by atoms with E-state index in [-0.39, 0.29) is 17.6 Å². The number of aryl methyl sites for hydroxylation is 1. The Bertz CT molecular complexity index is 994. The molecule has 1 N–H and O–H groups in total. The summed E-state index contributed by atoms with van der Waals surface area (Å²) in [7, 11) is 1.67. The van der Waals surface area contributed by atoms with Crippen molar-refractivity contribution in [1.82, 2.24) is 24.6 Å². The molecule has 8 heteroatoms. The van der Waals surface area contributed by atoms with Crippen LogP contribution in [0, 0.1) is 0 Å². The van der Waals surface area contributed by atoms with Crippen molar-refractivity contribution < 1.29 is 4.79 Å². The molecule has 1 aliphatic rings. The van der Waals surface area contributed by atoms with Crippen LogP contribution in [0.1, 0.15) is 29.5 Å². The van der Waals surface area contributed by atoms with Crippen molar-refractivity contribution in [2.75, 3.05) is 13.1 Å². The van der Waals surface area contributed by atoms with Gasteiger partial charge in [-0.3, -0.25) is 0 Å². The molecule has 1 aliphatic heterocycles. The van der Waals surface area contributed by atoms with E-state index in [0.29, 0.717) is 13.1 Å². The molecular weight excluding hydrogens is 374 g/mol. The zero-order valence-electron chi connectivity index (χ0n) is 15.7. The third-order valence-corrected chi connectivity index (χ3v) is 5.91. The Labute approximate surface area is 167 Å². The molecule has 7 nitrogen and oxygen atoms in total. The molecule has 2 aromatic heterocycles. The van der Waals surface area contributed by atoms with Gasteiger partial charge in [0.05, 0.1) is 12.2 Å². The lowest BCUT2D eigenvalue weighted by molar-refractivity contribution is 0.177. The first-order valence-electron chi connectivity index (χ1n) is 9.40. The van der Waals surface area contributed by atoms with Gasteiger partial charge in [0, 0.05) is 30.9 Å². The number of amides is 2. The highest BCUT2D eigenvalue weighted by atomic mass is 32.1. The minimum atomic E-state index is -0.166. The van der Waals surface area contributed by atoms with Gasteiger partial charge in [0.2, 0.25) is 0 Å². The number of para-hydroxylation sites is 1. The summed E-state index contributed by atoms with van der Waals surface area (Å²) in [5, 5.41) is 9.50. The van der Waals surface area contributed by atoms with Crippen LogP contribution in [0.15, 0.2) is 52.6 Å².